The molecule has 26 heavy (non-hydrogen) atoms. The van der Waals surface area contributed by atoms with Crippen molar-refractivity contribution in [1.29, 1.82) is 0 Å². The molecule has 0 aliphatic carbocycles. The SMILES string of the molecule is COc1ccccc1NC(=O)Cc1noc(-c2ccc(C(N)=O)cc2)n1. The Balaban J connectivity index is 1.68. The van der Waals surface area contributed by atoms with Gasteiger partial charge in [-0.05, 0) is 36.4 Å². The van der Waals surface area contributed by atoms with Crippen molar-refractivity contribution in [3.8, 4) is 17.2 Å². The van der Waals surface area contributed by atoms with Crippen molar-refractivity contribution >= 4 is 17.5 Å². The van der Waals surface area contributed by atoms with E-state index in [4.69, 9.17) is 15.0 Å². The molecule has 0 saturated heterocycles. The monoisotopic (exact) mass is 352 g/mol. The number of para-hydroxylation sites is 2. The number of aromatic nitrogens is 2. The summed E-state index contributed by atoms with van der Waals surface area (Å²) < 4.78 is 10.4. The van der Waals surface area contributed by atoms with Crippen LogP contribution in [0.3, 0.4) is 0 Å². The van der Waals surface area contributed by atoms with Gasteiger partial charge in [-0.3, -0.25) is 9.59 Å². The van der Waals surface area contributed by atoms with Gasteiger partial charge in [0.1, 0.15) is 5.75 Å². The molecule has 0 radical (unpaired) electrons. The largest absolute Gasteiger partial charge is 0.495 e. The molecule has 0 spiro atoms. The summed E-state index contributed by atoms with van der Waals surface area (Å²) in [6.45, 7) is 0. The van der Waals surface area contributed by atoms with E-state index >= 15 is 0 Å². The quantitative estimate of drug-likeness (QED) is 0.700. The molecule has 0 unspecified atom stereocenters. The first kappa shape index (κ1) is 17.2. The first-order valence-electron chi connectivity index (χ1n) is 7.72. The maximum absolute atomic E-state index is 12.2. The number of benzene rings is 2. The van der Waals surface area contributed by atoms with Crippen LogP contribution in [0.2, 0.25) is 0 Å². The van der Waals surface area contributed by atoms with Gasteiger partial charge >= 0.3 is 0 Å². The zero-order valence-corrected chi connectivity index (χ0v) is 13.9. The van der Waals surface area contributed by atoms with Gasteiger partial charge in [-0.25, -0.2) is 0 Å². The highest BCUT2D eigenvalue weighted by Crippen LogP contribution is 2.23. The highest BCUT2D eigenvalue weighted by atomic mass is 16.5. The van der Waals surface area contributed by atoms with Crippen LogP contribution in [0, 0.1) is 0 Å². The van der Waals surface area contributed by atoms with Crippen molar-refractivity contribution in [2.45, 2.75) is 6.42 Å². The number of hydrogen-bond donors (Lipinski definition) is 2. The van der Waals surface area contributed by atoms with Gasteiger partial charge in [0, 0.05) is 11.1 Å². The molecule has 0 aliphatic heterocycles. The zero-order valence-electron chi connectivity index (χ0n) is 13.9. The summed E-state index contributed by atoms with van der Waals surface area (Å²) in [5.41, 5.74) is 6.77. The molecule has 0 bridgehead atoms. The lowest BCUT2D eigenvalue weighted by Gasteiger charge is -2.08. The Kier molecular flexibility index (Phi) is 4.93. The first-order valence-corrected chi connectivity index (χ1v) is 7.72. The lowest BCUT2D eigenvalue weighted by Crippen LogP contribution is -2.15. The molecule has 0 fully saturated rings. The van der Waals surface area contributed by atoms with E-state index in [2.05, 4.69) is 15.5 Å². The number of carbonyl (C=O) groups is 2. The predicted molar refractivity (Wildman–Crippen MR) is 93.6 cm³/mol. The second kappa shape index (κ2) is 7.47. The number of nitrogens with two attached hydrogens (primary N) is 1. The molecule has 0 saturated carbocycles. The lowest BCUT2D eigenvalue weighted by atomic mass is 10.1. The summed E-state index contributed by atoms with van der Waals surface area (Å²) in [6, 6.07) is 13.5. The number of methoxy groups -OCH3 is 1. The number of ether oxygens (including phenoxy) is 1. The minimum atomic E-state index is -0.518. The summed E-state index contributed by atoms with van der Waals surface area (Å²) in [5.74, 6) is 0.235. The molecule has 3 aromatic rings. The van der Waals surface area contributed by atoms with Gasteiger partial charge < -0.3 is 20.3 Å². The summed E-state index contributed by atoms with van der Waals surface area (Å²) in [4.78, 5) is 27.5. The van der Waals surface area contributed by atoms with Crippen LogP contribution in [0.5, 0.6) is 5.75 Å². The zero-order chi connectivity index (χ0) is 18.5. The molecule has 132 valence electrons. The van der Waals surface area contributed by atoms with E-state index < -0.39 is 5.91 Å². The molecule has 2 aromatic carbocycles. The molecule has 0 aliphatic rings. The van der Waals surface area contributed by atoms with Crippen molar-refractivity contribution in [1.82, 2.24) is 10.1 Å². The standard InChI is InChI=1S/C18H16N4O4/c1-25-14-5-3-2-4-13(14)20-16(23)10-15-21-18(26-22-15)12-8-6-11(7-9-12)17(19)24/h2-9H,10H2,1H3,(H2,19,24)(H,20,23). The topological polar surface area (TPSA) is 120 Å². The molecule has 3 rings (SSSR count). The minimum absolute atomic E-state index is 0.0546. The maximum Gasteiger partial charge on any atom is 0.257 e. The van der Waals surface area contributed by atoms with E-state index in [0.717, 1.165) is 0 Å². The second-order valence-corrected chi connectivity index (χ2v) is 5.38. The molecule has 1 aromatic heterocycles. The van der Waals surface area contributed by atoms with Crippen LogP contribution in [0.4, 0.5) is 5.69 Å². The van der Waals surface area contributed by atoms with Gasteiger partial charge in [0.25, 0.3) is 5.89 Å². The Morgan fingerprint density at radius 1 is 1.15 bits per heavy atom. The molecular formula is C18H16N4O4. The van der Waals surface area contributed by atoms with Gasteiger partial charge in [0.05, 0.1) is 19.2 Å². The van der Waals surface area contributed by atoms with E-state index in [0.29, 0.717) is 22.6 Å². The summed E-state index contributed by atoms with van der Waals surface area (Å²) in [6.07, 6.45) is -0.0546. The summed E-state index contributed by atoms with van der Waals surface area (Å²) in [7, 11) is 1.53. The van der Waals surface area contributed by atoms with Gasteiger partial charge in [-0.2, -0.15) is 4.98 Å². The van der Waals surface area contributed by atoms with E-state index in [-0.39, 0.29) is 24.0 Å². The first-order chi connectivity index (χ1) is 12.6. The minimum Gasteiger partial charge on any atom is -0.495 e. The number of rotatable bonds is 6. The average molecular weight is 352 g/mol. The number of primary amides is 1. The highest BCUT2D eigenvalue weighted by Gasteiger charge is 2.14. The fourth-order valence-corrected chi connectivity index (χ4v) is 2.31. The van der Waals surface area contributed by atoms with Crippen molar-refractivity contribution in [3.05, 3.63) is 59.9 Å². The Morgan fingerprint density at radius 2 is 1.88 bits per heavy atom. The van der Waals surface area contributed by atoms with Gasteiger partial charge in [-0.1, -0.05) is 17.3 Å². The number of carbonyl (C=O) groups excluding carboxylic acids is 2. The van der Waals surface area contributed by atoms with Crippen LogP contribution < -0.4 is 15.8 Å². The third kappa shape index (κ3) is 3.86. The average Bonchev–Trinajstić information content (AvgIpc) is 3.10. The Bertz CT molecular complexity index is 934. The van der Waals surface area contributed by atoms with E-state index in [1.807, 2.05) is 6.07 Å². The van der Waals surface area contributed by atoms with Crippen molar-refractivity contribution in [2.24, 2.45) is 5.73 Å². The van der Waals surface area contributed by atoms with E-state index in [1.165, 1.54) is 7.11 Å². The molecular weight excluding hydrogens is 336 g/mol. The molecule has 0 atom stereocenters. The number of anilines is 1. The van der Waals surface area contributed by atoms with Gasteiger partial charge in [0.2, 0.25) is 11.8 Å². The normalized spacial score (nSPS) is 10.3. The van der Waals surface area contributed by atoms with Crippen molar-refractivity contribution < 1.29 is 18.8 Å². The molecule has 1 heterocycles. The van der Waals surface area contributed by atoms with Crippen LogP contribution in [0.15, 0.2) is 53.1 Å². The number of hydrogen-bond acceptors (Lipinski definition) is 6. The van der Waals surface area contributed by atoms with Crippen LogP contribution in [0.25, 0.3) is 11.5 Å². The summed E-state index contributed by atoms with van der Waals surface area (Å²) in [5, 5.41) is 6.55. The smallest absolute Gasteiger partial charge is 0.257 e. The van der Waals surface area contributed by atoms with Crippen LogP contribution >= 0.6 is 0 Å². The van der Waals surface area contributed by atoms with Crippen LogP contribution in [-0.2, 0) is 11.2 Å². The number of nitrogens with one attached hydrogen (secondary N) is 1. The molecule has 3 N–H and O–H groups in total. The molecule has 2 amide bonds. The van der Waals surface area contributed by atoms with Crippen LogP contribution in [0.1, 0.15) is 16.2 Å². The van der Waals surface area contributed by atoms with Crippen molar-refractivity contribution in [3.63, 3.8) is 0 Å². The third-order valence-electron chi connectivity index (χ3n) is 3.58. The Labute approximate surface area is 149 Å². The Morgan fingerprint density at radius 3 is 2.58 bits per heavy atom. The maximum atomic E-state index is 12.2. The Hall–Kier alpha value is -3.68. The molecule has 8 heteroatoms. The summed E-state index contributed by atoms with van der Waals surface area (Å²) >= 11 is 0. The number of amides is 2. The third-order valence-corrected chi connectivity index (χ3v) is 3.58. The lowest BCUT2D eigenvalue weighted by molar-refractivity contribution is -0.115. The second-order valence-electron chi connectivity index (χ2n) is 5.38. The van der Waals surface area contributed by atoms with Crippen LogP contribution in [-0.4, -0.2) is 29.1 Å². The van der Waals surface area contributed by atoms with E-state index in [9.17, 15) is 9.59 Å². The van der Waals surface area contributed by atoms with E-state index in [1.54, 1.807) is 42.5 Å². The molecule has 8 nitrogen and oxygen atoms in total. The predicted octanol–water partition coefficient (Wildman–Crippen LogP) is 2.03. The van der Waals surface area contributed by atoms with Gasteiger partial charge in [0.15, 0.2) is 5.82 Å². The highest BCUT2D eigenvalue weighted by molar-refractivity contribution is 5.93. The van der Waals surface area contributed by atoms with Crippen molar-refractivity contribution in [2.75, 3.05) is 12.4 Å². The number of nitrogens with zero attached hydrogens (tertiary/aromatic N) is 2. The van der Waals surface area contributed by atoms with Gasteiger partial charge in [-0.15, -0.1) is 0 Å². The fourth-order valence-electron chi connectivity index (χ4n) is 2.31. The fraction of sp³-hybridized carbons (Fsp3) is 0.111.